The molecule has 1 aromatic rings. The first-order chi connectivity index (χ1) is 7.20. The topological polar surface area (TPSA) is 12.0 Å². The zero-order valence-corrected chi connectivity index (χ0v) is 11.7. The Morgan fingerprint density at radius 2 is 2.47 bits per heavy atom. The summed E-state index contributed by atoms with van der Waals surface area (Å²) in [6.45, 7) is 4.54. The van der Waals surface area contributed by atoms with Gasteiger partial charge < -0.3 is 5.32 Å². The van der Waals surface area contributed by atoms with Crippen molar-refractivity contribution >= 4 is 27.3 Å². The first-order valence-electron chi connectivity index (χ1n) is 5.70. The van der Waals surface area contributed by atoms with Crippen LogP contribution >= 0.6 is 27.3 Å². The molecule has 0 aliphatic heterocycles. The van der Waals surface area contributed by atoms with E-state index in [2.05, 4.69) is 46.5 Å². The summed E-state index contributed by atoms with van der Waals surface area (Å²) >= 11 is 5.33. The Kier molecular flexibility index (Phi) is 3.86. The zero-order valence-electron chi connectivity index (χ0n) is 9.29. The highest BCUT2D eigenvalue weighted by atomic mass is 79.9. The van der Waals surface area contributed by atoms with E-state index in [1.165, 1.54) is 28.6 Å². The highest BCUT2D eigenvalue weighted by molar-refractivity contribution is 9.10. The van der Waals surface area contributed by atoms with Crippen molar-refractivity contribution in [2.75, 3.05) is 0 Å². The Morgan fingerprint density at radius 1 is 1.67 bits per heavy atom. The minimum absolute atomic E-state index is 0.508. The first-order valence-corrected chi connectivity index (χ1v) is 7.38. The molecule has 2 rings (SSSR count). The Hall–Kier alpha value is 0.140. The largest absolute Gasteiger partial charge is 0.306 e. The van der Waals surface area contributed by atoms with Crippen molar-refractivity contribution in [3.05, 3.63) is 20.8 Å². The lowest BCUT2D eigenvalue weighted by molar-refractivity contribution is 0.535. The molecule has 84 valence electrons. The van der Waals surface area contributed by atoms with E-state index >= 15 is 0 Å². The molecular weight excluding hydrogens is 270 g/mol. The summed E-state index contributed by atoms with van der Waals surface area (Å²) in [6, 6.07) is 3.51. The van der Waals surface area contributed by atoms with Crippen molar-refractivity contribution in [2.45, 2.75) is 45.2 Å². The molecule has 1 aromatic heterocycles. The normalized spacial score (nSPS) is 26.6. The van der Waals surface area contributed by atoms with Gasteiger partial charge in [-0.05, 0) is 47.7 Å². The van der Waals surface area contributed by atoms with Crippen molar-refractivity contribution in [1.82, 2.24) is 5.32 Å². The van der Waals surface area contributed by atoms with E-state index in [-0.39, 0.29) is 0 Å². The molecule has 0 amide bonds. The maximum Gasteiger partial charge on any atom is 0.0388 e. The lowest BCUT2D eigenvalue weighted by Crippen LogP contribution is -2.21. The fourth-order valence-electron chi connectivity index (χ4n) is 2.10. The highest BCUT2D eigenvalue weighted by Crippen LogP contribution is 2.37. The summed E-state index contributed by atoms with van der Waals surface area (Å²) in [4.78, 5) is 1.43. The summed E-state index contributed by atoms with van der Waals surface area (Å²) < 4.78 is 1.21. The number of thiophene rings is 1. The third-order valence-corrected chi connectivity index (χ3v) is 4.94. The standard InChI is InChI=1S/C12H18BrNS/c1-3-4-9-5-11(9)14-8(2)12-6-10(13)7-15-12/h6-9,11,14H,3-5H2,1-2H3. The number of rotatable bonds is 5. The zero-order chi connectivity index (χ0) is 10.8. The van der Waals surface area contributed by atoms with Gasteiger partial charge in [0, 0.05) is 26.8 Å². The molecule has 1 fully saturated rings. The Morgan fingerprint density at radius 3 is 3.07 bits per heavy atom. The molecule has 1 nitrogen and oxygen atoms in total. The van der Waals surface area contributed by atoms with Gasteiger partial charge in [-0.3, -0.25) is 0 Å². The smallest absolute Gasteiger partial charge is 0.0388 e. The summed E-state index contributed by atoms with van der Waals surface area (Å²) in [7, 11) is 0. The predicted molar refractivity (Wildman–Crippen MR) is 70.4 cm³/mol. The van der Waals surface area contributed by atoms with E-state index in [1.807, 2.05) is 11.3 Å². The molecule has 0 aromatic carbocycles. The fourth-order valence-corrected chi connectivity index (χ4v) is 3.56. The molecule has 1 N–H and O–H groups in total. The molecule has 3 heteroatoms. The second-order valence-electron chi connectivity index (χ2n) is 4.45. The Labute approximate surface area is 104 Å². The van der Waals surface area contributed by atoms with Crippen LogP contribution in [0.2, 0.25) is 0 Å². The van der Waals surface area contributed by atoms with Gasteiger partial charge in [0.2, 0.25) is 0 Å². The highest BCUT2D eigenvalue weighted by Gasteiger charge is 2.36. The van der Waals surface area contributed by atoms with E-state index in [1.54, 1.807) is 0 Å². The number of nitrogens with one attached hydrogen (secondary N) is 1. The molecule has 3 unspecified atom stereocenters. The van der Waals surface area contributed by atoms with Gasteiger partial charge in [0.05, 0.1) is 0 Å². The maximum atomic E-state index is 3.71. The number of hydrogen-bond acceptors (Lipinski definition) is 2. The molecular formula is C12H18BrNS. The first kappa shape index (κ1) is 11.6. The molecule has 1 heterocycles. The van der Waals surface area contributed by atoms with E-state index in [4.69, 9.17) is 0 Å². The van der Waals surface area contributed by atoms with Gasteiger partial charge in [0.25, 0.3) is 0 Å². The van der Waals surface area contributed by atoms with Crippen molar-refractivity contribution < 1.29 is 0 Å². The SMILES string of the molecule is CCCC1CC1NC(C)c1cc(Br)cs1. The summed E-state index contributed by atoms with van der Waals surface area (Å²) in [5.41, 5.74) is 0. The van der Waals surface area contributed by atoms with Gasteiger partial charge in [0.15, 0.2) is 0 Å². The van der Waals surface area contributed by atoms with Crippen molar-refractivity contribution in [3.8, 4) is 0 Å². The van der Waals surface area contributed by atoms with Crippen LogP contribution in [-0.4, -0.2) is 6.04 Å². The van der Waals surface area contributed by atoms with Gasteiger partial charge in [-0.25, -0.2) is 0 Å². The van der Waals surface area contributed by atoms with Crippen LogP contribution in [0.1, 0.15) is 44.0 Å². The third-order valence-electron chi connectivity index (χ3n) is 3.06. The van der Waals surface area contributed by atoms with E-state index in [0.717, 1.165) is 12.0 Å². The van der Waals surface area contributed by atoms with Gasteiger partial charge in [-0.2, -0.15) is 0 Å². The predicted octanol–water partition coefficient (Wildman–Crippen LogP) is 4.35. The molecule has 0 spiro atoms. The average Bonchev–Trinajstić information content (AvgIpc) is 2.76. The van der Waals surface area contributed by atoms with Crippen LogP contribution in [0, 0.1) is 5.92 Å². The second kappa shape index (κ2) is 4.98. The van der Waals surface area contributed by atoms with E-state index in [0.29, 0.717) is 6.04 Å². The molecule has 0 radical (unpaired) electrons. The van der Waals surface area contributed by atoms with Crippen LogP contribution in [0.25, 0.3) is 0 Å². The molecule has 15 heavy (non-hydrogen) atoms. The number of hydrogen-bond donors (Lipinski definition) is 1. The molecule has 0 saturated heterocycles. The van der Waals surface area contributed by atoms with Gasteiger partial charge >= 0.3 is 0 Å². The quantitative estimate of drug-likeness (QED) is 0.849. The maximum absolute atomic E-state index is 3.71. The van der Waals surface area contributed by atoms with Crippen LogP contribution in [-0.2, 0) is 0 Å². The minimum atomic E-state index is 0.508. The number of halogens is 1. The van der Waals surface area contributed by atoms with Crippen LogP contribution in [0.4, 0.5) is 0 Å². The van der Waals surface area contributed by atoms with Crippen LogP contribution in [0.15, 0.2) is 15.9 Å². The lowest BCUT2D eigenvalue weighted by Gasteiger charge is -2.11. The Bertz CT molecular complexity index is 323. The van der Waals surface area contributed by atoms with Crippen molar-refractivity contribution in [2.24, 2.45) is 5.92 Å². The van der Waals surface area contributed by atoms with Crippen molar-refractivity contribution in [1.29, 1.82) is 0 Å². The molecule has 1 saturated carbocycles. The van der Waals surface area contributed by atoms with E-state index < -0.39 is 0 Å². The second-order valence-corrected chi connectivity index (χ2v) is 6.31. The van der Waals surface area contributed by atoms with E-state index in [9.17, 15) is 0 Å². The van der Waals surface area contributed by atoms with Crippen molar-refractivity contribution in [3.63, 3.8) is 0 Å². The average molecular weight is 288 g/mol. The summed E-state index contributed by atoms with van der Waals surface area (Å²) in [6.07, 6.45) is 4.09. The Balaban J connectivity index is 1.81. The van der Waals surface area contributed by atoms with Gasteiger partial charge in [-0.15, -0.1) is 11.3 Å². The minimum Gasteiger partial charge on any atom is -0.306 e. The molecule has 0 bridgehead atoms. The molecule has 1 aliphatic carbocycles. The van der Waals surface area contributed by atoms with Crippen LogP contribution in [0.5, 0.6) is 0 Å². The molecule has 3 atom stereocenters. The monoisotopic (exact) mass is 287 g/mol. The van der Waals surface area contributed by atoms with Gasteiger partial charge in [-0.1, -0.05) is 13.3 Å². The van der Waals surface area contributed by atoms with Crippen LogP contribution < -0.4 is 5.32 Å². The molecule has 1 aliphatic rings. The van der Waals surface area contributed by atoms with Gasteiger partial charge in [0.1, 0.15) is 0 Å². The third kappa shape index (κ3) is 3.05. The summed E-state index contributed by atoms with van der Waals surface area (Å²) in [5, 5.41) is 5.86. The fraction of sp³-hybridized carbons (Fsp3) is 0.667. The van der Waals surface area contributed by atoms with Crippen LogP contribution in [0.3, 0.4) is 0 Å². The summed E-state index contributed by atoms with van der Waals surface area (Å²) in [5.74, 6) is 0.945. The lowest BCUT2D eigenvalue weighted by atomic mass is 10.2.